The van der Waals surface area contributed by atoms with Gasteiger partial charge in [-0.3, -0.25) is 4.79 Å². The van der Waals surface area contributed by atoms with Crippen LogP contribution < -0.4 is 5.32 Å². The molecule has 0 aliphatic rings. The molecule has 2 aromatic carbocycles. The Morgan fingerprint density at radius 3 is 2.75 bits per heavy atom. The van der Waals surface area contributed by atoms with Crippen LogP contribution in [0.1, 0.15) is 23.5 Å². The van der Waals surface area contributed by atoms with Crippen molar-refractivity contribution in [3.05, 3.63) is 63.6 Å². The molecule has 3 aromatic rings. The first-order chi connectivity index (χ1) is 11.6. The molecule has 1 unspecified atom stereocenters. The average Bonchev–Trinajstić information content (AvgIpc) is 2.98. The fourth-order valence-electron chi connectivity index (χ4n) is 2.33. The summed E-state index contributed by atoms with van der Waals surface area (Å²) in [6.07, 6.45) is 0. The predicted octanol–water partition coefficient (Wildman–Crippen LogP) is 4.45. The second-order valence-corrected chi connectivity index (χ2v) is 7.44. The van der Waals surface area contributed by atoms with Gasteiger partial charge in [0.25, 0.3) is 0 Å². The lowest BCUT2D eigenvalue weighted by Crippen LogP contribution is -2.30. The summed E-state index contributed by atoms with van der Waals surface area (Å²) in [6, 6.07) is 15.8. The third-order valence-corrected chi connectivity index (χ3v) is 5.08. The van der Waals surface area contributed by atoms with E-state index in [9.17, 15) is 4.79 Å². The average molecular weight is 405 g/mol. The van der Waals surface area contributed by atoms with E-state index in [2.05, 4.69) is 26.2 Å². The molecule has 24 heavy (non-hydrogen) atoms. The number of hydrogen-bond acceptors (Lipinski definition) is 4. The van der Waals surface area contributed by atoms with Gasteiger partial charge in [0.15, 0.2) is 0 Å². The van der Waals surface area contributed by atoms with E-state index in [1.807, 2.05) is 55.5 Å². The zero-order chi connectivity index (χ0) is 16.9. The van der Waals surface area contributed by atoms with Crippen LogP contribution in [-0.2, 0) is 16.1 Å². The number of ether oxygens (including phenoxy) is 1. The molecule has 0 saturated heterocycles. The van der Waals surface area contributed by atoms with E-state index < -0.39 is 0 Å². The molecular formula is C18H17BrN2O2S. The number of carbonyl (C=O) groups is 1. The number of benzene rings is 2. The van der Waals surface area contributed by atoms with Gasteiger partial charge in [0.2, 0.25) is 5.91 Å². The van der Waals surface area contributed by atoms with Crippen LogP contribution in [0.25, 0.3) is 10.2 Å². The number of hydrogen-bond donors (Lipinski definition) is 1. The number of halogens is 1. The monoisotopic (exact) mass is 404 g/mol. The fraction of sp³-hybridized carbons (Fsp3) is 0.222. The number of fused-ring (bicyclic) bond motifs is 1. The van der Waals surface area contributed by atoms with Crippen molar-refractivity contribution in [2.75, 3.05) is 6.61 Å². The minimum absolute atomic E-state index is 0.0246. The summed E-state index contributed by atoms with van der Waals surface area (Å²) in [5, 5.41) is 3.81. The third kappa shape index (κ3) is 4.41. The third-order valence-electron chi connectivity index (χ3n) is 3.54. The molecule has 0 bridgehead atoms. The van der Waals surface area contributed by atoms with E-state index in [4.69, 9.17) is 4.74 Å². The highest BCUT2D eigenvalue weighted by molar-refractivity contribution is 9.10. The molecule has 1 amide bonds. The second kappa shape index (κ2) is 7.88. The maximum atomic E-state index is 12.0. The topological polar surface area (TPSA) is 51.2 Å². The lowest BCUT2D eigenvalue weighted by molar-refractivity contribution is -0.126. The molecule has 0 aliphatic heterocycles. The van der Waals surface area contributed by atoms with Crippen LogP contribution in [0.15, 0.2) is 53.0 Å². The molecule has 0 radical (unpaired) electrons. The second-order valence-electron chi connectivity index (χ2n) is 5.41. The summed E-state index contributed by atoms with van der Waals surface area (Å²) >= 11 is 4.99. The van der Waals surface area contributed by atoms with E-state index in [1.165, 1.54) is 0 Å². The number of amides is 1. The van der Waals surface area contributed by atoms with E-state index >= 15 is 0 Å². The maximum Gasteiger partial charge on any atom is 0.246 e. The molecule has 0 fully saturated rings. The van der Waals surface area contributed by atoms with Gasteiger partial charge >= 0.3 is 0 Å². The molecule has 1 atom stereocenters. The number of rotatable bonds is 6. The van der Waals surface area contributed by atoms with Crippen LogP contribution >= 0.6 is 27.3 Å². The standard InChI is InChI=1S/C18H17BrN2O2S/c1-12(13-6-8-14(19)9-7-13)20-17(22)10-23-11-18-21-15-4-2-3-5-16(15)24-18/h2-9,12H,10-11H2,1H3,(H,20,22). The molecule has 3 rings (SSSR count). The van der Waals surface area contributed by atoms with Crippen LogP contribution in [0.4, 0.5) is 0 Å². The van der Waals surface area contributed by atoms with Gasteiger partial charge in [0.1, 0.15) is 11.6 Å². The molecule has 1 aromatic heterocycles. The predicted molar refractivity (Wildman–Crippen MR) is 100.0 cm³/mol. The molecule has 1 heterocycles. The van der Waals surface area contributed by atoms with Crippen LogP contribution in [0.5, 0.6) is 0 Å². The smallest absolute Gasteiger partial charge is 0.246 e. The Kier molecular flexibility index (Phi) is 5.60. The van der Waals surface area contributed by atoms with Crippen LogP contribution in [0, 0.1) is 0 Å². The summed E-state index contributed by atoms with van der Waals surface area (Å²) in [6.45, 7) is 2.32. The van der Waals surface area contributed by atoms with Gasteiger partial charge < -0.3 is 10.1 Å². The summed E-state index contributed by atoms with van der Waals surface area (Å²) < 4.78 is 7.64. The Morgan fingerprint density at radius 2 is 2.00 bits per heavy atom. The molecule has 4 nitrogen and oxygen atoms in total. The lowest BCUT2D eigenvalue weighted by Gasteiger charge is -2.14. The lowest BCUT2D eigenvalue weighted by atomic mass is 10.1. The Morgan fingerprint density at radius 1 is 1.25 bits per heavy atom. The van der Waals surface area contributed by atoms with Crippen LogP contribution in [0.3, 0.4) is 0 Å². The minimum atomic E-state index is -0.133. The van der Waals surface area contributed by atoms with Gasteiger partial charge in [0, 0.05) is 4.47 Å². The fourth-order valence-corrected chi connectivity index (χ4v) is 3.50. The number of para-hydroxylation sites is 1. The van der Waals surface area contributed by atoms with Gasteiger partial charge in [-0.25, -0.2) is 4.98 Å². The zero-order valence-corrected chi connectivity index (χ0v) is 15.6. The van der Waals surface area contributed by atoms with Crippen LogP contribution in [0.2, 0.25) is 0 Å². The highest BCUT2D eigenvalue weighted by Gasteiger charge is 2.10. The summed E-state index contributed by atoms with van der Waals surface area (Å²) in [4.78, 5) is 16.5. The van der Waals surface area contributed by atoms with Crippen molar-refractivity contribution in [2.24, 2.45) is 0 Å². The van der Waals surface area contributed by atoms with Crippen molar-refractivity contribution < 1.29 is 9.53 Å². The van der Waals surface area contributed by atoms with Crippen molar-refractivity contribution >= 4 is 43.4 Å². The molecule has 124 valence electrons. The van der Waals surface area contributed by atoms with E-state index in [1.54, 1.807) is 11.3 Å². The normalized spacial score (nSPS) is 12.2. The molecule has 0 saturated carbocycles. The Labute approximate surface area is 153 Å². The zero-order valence-electron chi connectivity index (χ0n) is 13.2. The number of aromatic nitrogens is 1. The van der Waals surface area contributed by atoms with Crippen molar-refractivity contribution in [2.45, 2.75) is 19.6 Å². The Balaban J connectivity index is 1.47. The van der Waals surface area contributed by atoms with E-state index in [0.29, 0.717) is 6.61 Å². The minimum Gasteiger partial charge on any atom is -0.364 e. The molecule has 0 aliphatic carbocycles. The SMILES string of the molecule is CC(NC(=O)COCc1nc2ccccc2s1)c1ccc(Br)cc1. The Hall–Kier alpha value is -1.76. The highest BCUT2D eigenvalue weighted by Crippen LogP contribution is 2.22. The first-order valence-corrected chi connectivity index (χ1v) is 9.20. The number of nitrogens with zero attached hydrogens (tertiary/aromatic N) is 1. The number of thiazole rings is 1. The van der Waals surface area contributed by atoms with Crippen molar-refractivity contribution in [3.8, 4) is 0 Å². The van der Waals surface area contributed by atoms with E-state index in [0.717, 1.165) is 25.3 Å². The molecular weight excluding hydrogens is 388 g/mol. The molecule has 1 N–H and O–H groups in total. The van der Waals surface area contributed by atoms with Crippen molar-refractivity contribution in [1.29, 1.82) is 0 Å². The Bertz CT molecular complexity index is 799. The molecule has 6 heteroatoms. The summed E-state index contributed by atoms with van der Waals surface area (Å²) in [5.41, 5.74) is 2.02. The van der Waals surface area contributed by atoms with Gasteiger partial charge in [-0.05, 0) is 36.8 Å². The number of nitrogens with one attached hydrogen (secondary N) is 1. The van der Waals surface area contributed by atoms with Crippen LogP contribution in [-0.4, -0.2) is 17.5 Å². The summed E-state index contributed by atoms with van der Waals surface area (Å²) in [5.74, 6) is -0.133. The quantitative estimate of drug-likeness (QED) is 0.659. The number of carbonyl (C=O) groups excluding carboxylic acids is 1. The summed E-state index contributed by atoms with van der Waals surface area (Å²) in [7, 11) is 0. The van der Waals surface area contributed by atoms with Gasteiger partial charge in [-0.1, -0.05) is 40.2 Å². The van der Waals surface area contributed by atoms with Crippen molar-refractivity contribution in [1.82, 2.24) is 10.3 Å². The van der Waals surface area contributed by atoms with Gasteiger partial charge in [0.05, 0.1) is 22.9 Å². The highest BCUT2D eigenvalue weighted by atomic mass is 79.9. The maximum absolute atomic E-state index is 12.0. The largest absolute Gasteiger partial charge is 0.364 e. The van der Waals surface area contributed by atoms with Gasteiger partial charge in [-0.2, -0.15) is 0 Å². The first-order valence-electron chi connectivity index (χ1n) is 7.59. The van der Waals surface area contributed by atoms with Crippen molar-refractivity contribution in [3.63, 3.8) is 0 Å². The van der Waals surface area contributed by atoms with E-state index in [-0.39, 0.29) is 18.6 Å². The first kappa shape index (κ1) is 17.1. The molecule has 0 spiro atoms. The van der Waals surface area contributed by atoms with Gasteiger partial charge in [-0.15, -0.1) is 11.3 Å².